The first-order chi connectivity index (χ1) is 24.4. The van der Waals surface area contributed by atoms with E-state index in [9.17, 15) is 75.8 Å². The summed E-state index contributed by atoms with van der Waals surface area (Å²) in [6.45, 7) is -1.40. The van der Waals surface area contributed by atoms with Gasteiger partial charge in [-0.3, -0.25) is 9.05 Å². The Kier molecular flexibility index (Phi) is 15.7. The maximum Gasteiger partial charge on any atom is 0.473 e. The van der Waals surface area contributed by atoms with Crippen LogP contribution in [0, 0.1) is 0 Å². The number of hydrogen-bond donors (Lipinski definition) is 14. The summed E-state index contributed by atoms with van der Waals surface area (Å²) in [5, 5.41) is 133. The van der Waals surface area contributed by atoms with E-state index in [1.165, 1.54) is 13.8 Å². The number of ether oxygens (including phenoxy) is 7. The summed E-state index contributed by atoms with van der Waals surface area (Å²) in [6.07, 6.45) is -38.8. The smallest absolute Gasteiger partial charge is 0.394 e. The number of rotatable bonds is 14. The Balaban J connectivity index is 1.80. The van der Waals surface area contributed by atoms with Crippen LogP contribution < -0.4 is 0 Å². The van der Waals surface area contributed by atoms with Crippen molar-refractivity contribution in [1.82, 2.24) is 0 Å². The van der Waals surface area contributed by atoms with Crippen molar-refractivity contribution < 1.29 is 118 Å². The van der Waals surface area contributed by atoms with Gasteiger partial charge in [0.25, 0.3) is 0 Å². The van der Waals surface area contributed by atoms with E-state index in [0.29, 0.717) is 0 Å². The summed E-state index contributed by atoms with van der Waals surface area (Å²) in [4.78, 5) is 10.8. The van der Waals surface area contributed by atoms with Gasteiger partial charge in [0, 0.05) is 0 Å². The molecule has 4 aliphatic heterocycles. The number of hydrogen-bond acceptors (Lipinski definition) is 23. The molecule has 0 saturated carbocycles. The molecule has 4 aliphatic rings. The minimum atomic E-state index is -5.53. The standard InChI is InChI=1S/C27H49O24P/c1-7-12(32)14(34)18(38)25(44-7)49-23-22(51-52(41,42)50-9(3-28)4-29)21(48-26-19(39)15(35)13(33)10(5-30)45-26)11(6-31)46-27(23)47-20-8(2)43-24(40)17(37)16(20)36/h7-40H,3-6H2,1-2H3,(H,41,42)/t7-,8-,10+,11+,12-,13+,14+,15-,16-,17+,18+,19+,20-,21-,22-,23+,24-,25-,26-,27-/m0/s1. The third-order valence-corrected chi connectivity index (χ3v) is 10.1. The summed E-state index contributed by atoms with van der Waals surface area (Å²) in [7, 11) is -5.53. The molecular weight excluding hydrogens is 739 g/mol. The minimum absolute atomic E-state index is 0.909. The number of aliphatic hydroxyl groups is 13. The van der Waals surface area contributed by atoms with E-state index in [2.05, 4.69) is 0 Å². The largest absolute Gasteiger partial charge is 0.473 e. The molecule has 306 valence electrons. The van der Waals surface area contributed by atoms with Gasteiger partial charge in [-0.2, -0.15) is 0 Å². The zero-order chi connectivity index (χ0) is 38.8. The van der Waals surface area contributed by atoms with Crippen LogP contribution in [0.2, 0.25) is 0 Å². The Morgan fingerprint density at radius 3 is 1.63 bits per heavy atom. The summed E-state index contributed by atoms with van der Waals surface area (Å²) >= 11 is 0. The zero-order valence-corrected chi connectivity index (χ0v) is 28.6. The molecular formula is C27H49O24P. The van der Waals surface area contributed by atoms with Gasteiger partial charge < -0.3 is 104 Å². The quantitative estimate of drug-likeness (QED) is 0.0727. The molecule has 21 atom stereocenters. The first-order valence-electron chi connectivity index (χ1n) is 16.2. The third-order valence-electron chi connectivity index (χ3n) is 9.04. The molecule has 0 radical (unpaired) electrons. The van der Waals surface area contributed by atoms with Gasteiger partial charge in [-0.25, -0.2) is 4.57 Å². The van der Waals surface area contributed by atoms with Gasteiger partial charge in [-0.1, -0.05) is 0 Å². The molecule has 25 heteroatoms. The lowest BCUT2D eigenvalue weighted by molar-refractivity contribution is -0.397. The summed E-state index contributed by atoms with van der Waals surface area (Å²) in [5.74, 6) is 0. The van der Waals surface area contributed by atoms with E-state index >= 15 is 0 Å². The van der Waals surface area contributed by atoms with Crippen LogP contribution in [0.3, 0.4) is 0 Å². The topological polar surface area (TPSA) is 383 Å². The predicted octanol–water partition coefficient (Wildman–Crippen LogP) is -8.20. The molecule has 4 heterocycles. The fraction of sp³-hybridized carbons (Fsp3) is 1.00. The number of phosphoric acid groups is 1. The SMILES string of the molecule is C[C@@H]1O[C@@H](O[C@H]2[C@H](O[C@@H]3[C@@H](O)[C@@H](O)[C@@H](O)O[C@H]3C)O[C@H](CO)[C@H](O[C@@H]3O[C@H](CO)[C@@H](O)[C@H](O)[C@H]3O)[C@@H]2OP(=O)(O)OC(CO)CO)[C@H](O)[C@H](O)[C@H]1O. The van der Waals surface area contributed by atoms with Crippen LogP contribution in [-0.4, -0.2) is 227 Å². The lowest BCUT2D eigenvalue weighted by atomic mass is 9.95. The second kappa shape index (κ2) is 18.5. The average molecular weight is 789 g/mol. The highest BCUT2D eigenvalue weighted by atomic mass is 31.2. The summed E-state index contributed by atoms with van der Waals surface area (Å²) in [6, 6.07) is 0. The van der Waals surface area contributed by atoms with Gasteiger partial charge in [0.1, 0.15) is 91.6 Å². The molecule has 0 aromatic rings. The molecule has 0 spiro atoms. The summed E-state index contributed by atoms with van der Waals surface area (Å²) in [5.41, 5.74) is 0. The van der Waals surface area contributed by atoms with Crippen LogP contribution in [0.4, 0.5) is 0 Å². The Bertz CT molecular complexity index is 1150. The van der Waals surface area contributed by atoms with Crippen molar-refractivity contribution in [3.8, 4) is 0 Å². The highest BCUT2D eigenvalue weighted by Crippen LogP contribution is 2.49. The van der Waals surface area contributed by atoms with E-state index in [1.54, 1.807) is 0 Å². The van der Waals surface area contributed by atoms with Crippen molar-refractivity contribution in [2.24, 2.45) is 0 Å². The maximum atomic E-state index is 13.4. The van der Waals surface area contributed by atoms with E-state index in [-0.39, 0.29) is 0 Å². The fourth-order valence-corrected chi connectivity index (χ4v) is 7.14. The first-order valence-corrected chi connectivity index (χ1v) is 17.7. The van der Waals surface area contributed by atoms with Crippen molar-refractivity contribution in [2.45, 2.75) is 143 Å². The fourth-order valence-electron chi connectivity index (χ4n) is 6.03. The van der Waals surface area contributed by atoms with Crippen LogP contribution in [0.15, 0.2) is 0 Å². The molecule has 0 aliphatic carbocycles. The van der Waals surface area contributed by atoms with Gasteiger partial charge in [-0.05, 0) is 13.8 Å². The maximum absolute atomic E-state index is 13.4. The van der Waals surface area contributed by atoms with Crippen molar-refractivity contribution in [3.05, 3.63) is 0 Å². The second-order valence-corrected chi connectivity index (χ2v) is 14.1. The Hall–Kier alpha value is -0.690. The molecule has 52 heavy (non-hydrogen) atoms. The van der Waals surface area contributed by atoms with E-state index in [1.807, 2.05) is 0 Å². The highest BCUT2D eigenvalue weighted by molar-refractivity contribution is 7.47. The van der Waals surface area contributed by atoms with E-state index in [0.717, 1.165) is 0 Å². The van der Waals surface area contributed by atoms with Crippen LogP contribution in [0.1, 0.15) is 13.8 Å². The highest BCUT2D eigenvalue weighted by Gasteiger charge is 2.58. The Morgan fingerprint density at radius 2 is 1.06 bits per heavy atom. The Morgan fingerprint density at radius 1 is 0.538 bits per heavy atom. The third kappa shape index (κ3) is 9.63. The van der Waals surface area contributed by atoms with Crippen LogP contribution >= 0.6 is 7.82 Å². The molecule has 1 unspecified atom stereocenters. The monoisotopic (exact) mass is 788 g/mol. The predicted molar refractivity (Wildman–Crippen MR) is 159 cm³/mol. The average Bonchev–Trinajstić information content (AvgIpc) is 3.11. The molecule has 4 rings (SSSR count). The summed E-state index contributed by atoms with van der Waals surface area (Å²) < 4.78 is 63.3. The molecule has 4 saturated heterocycles. The van der Waals surface area contributed by atoms with Gasteiger partial charge >= 0.3 is 7.82 Å². The lowest BCUT2D eigenvalue weighted by Gasteiger charge is -2.50. The Labute approximate surface area is 295 Å². The normalized spacial score (nSPS) is 48.8. The molecule has 0 bridgehead atoms. The molecule has 0 aromatic carbocycles. The molecule has 0 amide bonds. The van der Waals surface area contributed by atoms with Crippen molar-refractivity contribution in [2.75, 3.05) is 26.4 Å². The van der Waals surface area contributed by atoms with Gasteiger partial charge in [-0.15, -0.1) is 0 Å². The van der Waals surface area contributed by atoms with Crippen molar-refractivity contribution >= 4 is 7.82 Å². The number of aliphatic hydroxyl groups excluding tert-OH is 13. The zero-order valence-electron chi connectivity index (χ0n) is 27.7. The first kappa shape index (κ1) is 44.0. The van der Waals surface area contributed by atoms with Gasteiger partial charge in [0.15, 0.2) is 25.2 Å². The van der Waals surface area contributed by atoms with E-state index in [4.69, 9.17) is 42.2 Å². The van der Waals surface area contributed by atoms with Gasteiger partial charge in [0.2, 0.25) is 0 Å². The number of phosphoric ester groups is 1. The van der Waals surface area contributed by atoms with Crippen LogP contribution in [0.25, 0.3) is 0 Å². The molecule has 4 fully saturated rings. The van der Waals surface area contributed by atoms with Crippen LogP contribution in [0.5, 0.6) is 0 Å². The van der Waals surface area contributed by atoms with E-state index < -0.39 is 163 Å². The lowest BCUT2D eigenvalue weighted by Crippen LogP contribution is -2.68. The molecule has 0 aromatic heterocycles. The van der Waals surface area contributed by atoms with Crippen molar-refractivity contribution in [3.63, 3.8) is 0 Å². The second-order valence-electron chi connectivity index (χ2n) is 12.8. The molecule has 24 nitrogen and oxygen atoms in total. The van der Waals surface area contributed by atoms with Crippen molar-refractivity contribution in [1.29, 1.82) is 0 Å². The van der Waals surface area contributed by atoms with Crippen LogP contribution in [-0.2, 0) is 46.8 Å². The molecule has 14 N–H and O–H groups in total. The minimum Gasteiger partial charge on any atom is -0.394 e. The van der Waals surface area contributed by atoms with Gasteiger partial charge in [0.05, 0.1) is 38.6 Å².